The molecule has 1 N–H and O–H groups in total. The van der Waals surface area contributed by atoms with Crippen LogP contribution in [0.4, 0.5) is 0 Å². The molecule has 0 saturated carbocycles. The Labute approximate surface area is 104 Å². The molecule has 0 aliphatic heterocycles. The Balaban J connectivity index is 2.62. The van der Waals surface area contributed by atoms with Crippen molar-refractivity contribution in [3.63, 3.8) is 0 Å². The summed E-state index contributed by atoms with van der Waals surface area (Å²) in [5.74, 6) is -1.09. The Morgan fingerprint density at radius 3 is 2.00 bits per heavy atom. The fourth-order valence-corrected chi connectivity index (χ4v) is 1.16. The molecule has 1 rings (SSSR count). The van der Waals surface area contributed by atoms with E-state index in [2.05, 4.69) is 4.74 Å². The maximum absolute atomic E-state index is 11.4. The third-order valence-electron chi connectivity index (χ3n) is 1.99. The van der Waals surface area contributed by atoms with E-state index in [1.807, 2.05) is 0 Å². The molecule has 0 bridgehead atoms. The molecule has 18 heavy (non-hydrogen) atoms. The van der Waals surface area contributed by atoms with Gasteiger partial charge in [0.25, 0.3) is 0 Å². The zero-order chi connectivity index (χ0) is 13.4. The molecular formula is C12H14O6. The van der Waals surface area contributed by atoms with Crippen LogP contribution in [0.25, 0.3) is 0 Å². The highest BCUT2D eigenvalue weighted by Gasteiger charge is 2.10. The normalized spacial score (nSPS) is 9.89. The Bertz CT molecular complexity index is 359. The van der Waals surface area contributed by atoms with Crippen LogP contribution in [-0.2, 0) is 14.2 Å². The molecule has 98 valence electrons. The molecule has 1 aromatic rings. The number of ether oxygens (including phenoxy) is 3. The molecule has 0 aromatic heterocycles. The van der Waals surface area contributed by atoms with Crippen LogP contribution in [0.15, 0.2) is 24.3 Å². The highest BCUT2D eigenvalue weighted by atomic mass is 16.7. The van der Waals surface area contributed by atoms with Crippen molar-refractivity contribution in [2.75, 3.05) is 27.1 Å². The van der Waals surface area contributed by atoms with Gasteiger partial charge in [0.05, 0.1) is 17.7 Å². The van der Waals surface area contributed by atoms with Gasteiger partial charge in [-0.2, -0.15) is 0 Å². The van der Waals surface area contributed by atoms with E-state index in [1.165, 1.54) is 31.4 Å². The summed E-state index contributed by atoms with van der Waals surface area (Å²) in [4.78, 5) is 22.8. The van der Waals surface area contributed by atoms with Gasteiger partial charge in [0.2, 0.25) is 0 Å². The summed E-state index contributed by atoms with van der Waals surface area (Å²) in [6, 6.07) is 5.80. The molecule has 0 unspecified atom stereocenters. The zero-order valence-corrected chi connectivity index (χ0v) is 9.92. The Morgan fingerprint density at radius 1 is 1.06 bits per heavy atom. The quantitative estimate of drug-likeness (QED) is 0.591. The summed E-state index contributed by atoms with van der Waals surface area (Å²) < 4.78 is 14.0. The number of rotatable bonds is 6. The molecule has 0 saturated heterocycles. The first-order chi connectivity index (χ1) is 8.69. The topological polar surface area (TPSA) is 82.1 Å². The van der Waals surface area contributed by atoms with Gasteiger partial charge in [-0.1, -0.05) is 0 Å². The molecule has 0 spiro atoms. The van der Waals surface area contributed by atoms with Crippen molar-refractivity contribution < 1.29 is 28.9 Å². The van der Waals surface area contributed by atoms with Gasteiger partial charge in [0.15, 0.2) is 6.79 Å². The SMILES string of the molecule is COCOC(=O)c1ccc(C(=O)OCCO)cc1. The summed E-state index contributed by atoms with van der Waals surface area (Å²) in [6.07, 6.45) is 0. The van der Waals surface area contributed by atoms with E-state index in [9.17, 15) is 9.59 Å². The standard InChI is InChI=1S/C12H14O6/c1-16-8-18-12(15)10-4-2-9(3-5-10)11(14)17-7-6-13/h2-5,13H,6-8H2,1H3. The van der Waals surface area contributed by atoms with Crippen LogP contribution < -0.4 is 0 Å². The molecule has 0 radical (unpaired) electrons. The predicted molar refractivity (Wildman–Crippen MR) is 61.1 cm³/mol. The summed E-state index contributed by atoms with van der Waals surface area (Å²) in [7, 11) is 1.41. The Hall–Kier alpha value is -1.92. The number of carbonyl (C=O) groups excluding carboxylic acids is 2. The molecule has 6 nitrogen and oxygen atoms in total. The number of hydrogen-bond acceptors (Lipinski definition) is 6. The second-order valence-corrected chi connectivity index (χ2v) is 3.28. The first-order valence-electron chi connectivity index (χ1n) is 5.23. The average molecular weight is 254 g/mol. The summed E-state index contributed by atoms with van der Waals surface area (Å²) in [5.41, 5.74) is 0.609. The second kappa shape index (κ2) is 7.41. The number of aliphatic hydroxyl groups excluding tert-OH is 1. The third kappa shape index (κ3) is 4.15. The minimum atomic E-state index is -0.555. The lowest BCUT2D eigenvalue weighted by atomic mass is 10.1. The highest BCUT2D eigenvalue weighted by molar-refractivity contribution is 5.93. The van der Waals surface area contributed by atoms with E-state index < -0.39 is 11.9 Å². The average Bonchev–Trinajstić information content (AvgIpc) is 2.42. The molecular weight excluding hydrogens is 240 g/mol. The largest absolute Gasteiger partial charge is 0.460 e. The Morgan fingerprint density at radius 2 is 1.56 bits per heavy atom. The number of esters is 2. The summed E-state index contributed by atoms with van der Waals surface area (Å²) >= 11 is 0. The lowest BCUT2D eigenvalue weighted by Gasteiger charge is -2.05. The van der Waals surface area contributed by atoms with E-state index in [-0.39, 0.29) is 20.0 Å². The minimum absolute atomic E-state index is 0.0591. The van der Waals surface area contributed by atoms with Crippen molar-refractivity contribution in [2.24, 2.45) is 0 Å². The number of benzene rings is 1. The molecule has 0 atom stereocenters. The van der Waals surface area contributed by atoms with Gasteiger partial charge in [-0.3, -0.25) is 0 Å². The van der Waals surface area contributed by atoms with Crippen LogP contribution in [0.1, 0.15) is 20.7 Å². The fourth-order valence-electron chi connectivity index (χ4n) is 1.16. The van der Waals surface area contributed by atoms with E-state index in [0.717, 1.165) is 0 Å². The van der Waals surface area contributed by atoms with Crippen molar-refractivity contribution in [1.29, 1.82) is 0 Å². The molecule has 0 heterocycles. The van der Waals surface area contributed by atoms with E-state index >= 15 is 0 Å². The lowest BCUT2D eigenvalue weighted by molar-refractivity contribution is -0.0125. The molecule has 0 aliphatic carbocycles. The third-order valence-corrected chi connectivity index (χ3v) is 1.99. The number of carbonyl (C=O) groups is 2. The molecule has 1 aromatic carbocycles. The van der Waals surface area contributed by atoms with Crippen LogP contribution in [0.2, 0.25) is 0 Å². The Kier molecular flexibility index (Phi) is 5.83. The fraction of sp³-hybridized carbons (Fsp3) is 0.333. The van der Waals surface area contributed by atoms with Crippen molar-refractivity contribution >= 4 is 11.9 Å². The van der Waals surface area contributed by atoms with Crippen molar-refractivity contribution in [2.45, 2.75) is 0 Å². The number of methoxy groups -OCH3 is 1. The van der Waals surface area contributed by atoms with Gasteiger partial charge in [-0.25, -0.2) is 9.59 Å². The van der Waals surface area contributed by atoms with Crippen LogP contribution in [0.5, 0.6) is 0 Å². The van der Waals surface area contributed by atoms with E-state index in [0.29, 0.717) is 11.1 Å². The van der Waals surface area contributed by atoms with Crippen molar-refractivity contribution in [3.05, 3.63) is 35.4 Å². The van der Waals surface area contributed by atoms with Crippen LogP contribution in [0.3, 0.4) is 0 Å². The van der Waals surface area contributed by atoms with Crippen molar-refractivity contribution in [1.82, 2.24) is 0 Å². The first-order valence-corrected chi connectivity index (χ1v) is 5.23. The monoisotopic (exact) mass is 254 g/mol. The van der Waals surface area contributed by atoms with Crippen LogP contribution in [-0.4, -0.2) is 44.2 Å². The number of aliphatic hydroxyl groups is 1. The maximum atomic E-state index is 11.4. The molecule has 0 fully saturated rings. The van der Waals surface area contributed by atoms with Crippen LogP contribution >= 0.6 is 0 Å². The van der Waals surface area contributed by atoms with E-state index in [1.54, 1.807) is 0 Å². The smallest absolute Gasteiger partial charge is 0.340 e. The number of hydrogen-bond donors (Lipinski definition) is 1. The second-order valence-electron chi connectivity index (χ2n) is 3.28. The van der Waals surface area contributed by atoms with Gasteiger partial charge >= 0.3 is 11.9 Å². The van der Waals surface area contributed by atoms with Gasteiger partial charge in [0, 0.05) is 7.11 Å². The highest BCUT2D eigenvalue weighted by Crippen LogP contribution is 2.07. The lowest BCUT2D eigenvalue weighted by Crippen LogP contribution is -2.10. The van der Waals surface area contributed by atoms with Gasteiger partial charge in [-0.05, 0) is 24.3 Å². The first kappa shape index (κ1) is 14.1. The minimum Gasteiger partial charge on any atom is -0.460 e. The predicted octanol–water partition coefficient (Wildman–Crippen LogP) is 0.596. The van der Waals surface area contributed by atoms with Gasteiger partial charge < -0.3 is 19.3 Å². The molecule has 6 heteroatoms. The van der Waals surface area contributed by atoms with Crippen molar-refractivity contribution in [3.8, 4) is 0 Å². The van der Waals surface area contributed by atoms with Crippen LogP contribution in [0, 0.1) is 0 Å². The molecule has 0 amide bonds. The maximum Gasteiger partial charge on any atom is 0.340 e. The van der Waals surface area contributed by atoms with E-state index in [4.69, 9.17) is 14.6 Å². The van der Waals surface area contributed by atoms with Gasteiger partial charge in [0.1, 0.15) is 6.61 Å². The summed E-state index contributed by atoms with van der Waals surface area (Å²) in [5, 5.41) is 8.51. The zero-order valence-electron chi connectivity index (χ0n) is 9.92. The summed E-state index contributed by atoms with van der Waals surface area (Å²) in [6.45, 7) is -0.414. The van der Waals surface area contributed by atoms with Gasteiger partial charge in [-0.15, -0.1) is 0 Å². The molecule has 0 aliphatic rings.